The monoisotopic (exact) mass is 338 g/mol. The Balaban J connectivity index is -0.00000000121. The van der Waals surface area contributed by atoms with Gasteiger partial charge >= 0.3 is 38.6 Å². The predicted octanol–water partition coefficient (Wildman–Crippen LogP) is -12.9. The van der Waals surface area contributed by atoms with Crippen LogP contribution in [0.3, 0.4) is 0 Å². The maximum Gasteiger partial charge on any atom is 1.00 e. The topological polar surface area (TPSA) is 364 Å². The molecular formula is H23FeNaO13Si. The van der Waals surface area contributed by atoms with Gasteiger partial charge in [-0.2, -0.15) is 0 Å². The molecule has 0 heterocycles. The van der Waals surface area contributed by atoms with Crippen molar-refractivity contribution in [1.29, 1.82) is 0 Å². The van der Waals surface area contributed by atoms with E-state index in [2.05, 4.69) is 0 Å². The summed E-state index contributed by atoms with van der Waals surface area (Å²) in [5, 5.41) is 0. The van der Waals surface area contributed by atoms with Crippen LogP contribution in [0.25, 0.3) is 0 Å². The molecule has 0 radical (unpaired) electrons. The average Bonchev–Trinajstić information content (AvgIpc) is 0.722. The Kier molecular flexibility index (Phi) is 750. The van der Waals surface area contributed by atoms with Crippen molar-refractivity contribution in [2.24, 2.45) is 0 Å². The van der Waals surface area contributed by atoms with E-state index in [0.717, 1.165) is 0 Å². The molecule has 0 bridgehead atoms. The van der Waals surface area contributed by atoms with Gasteiger partial charge in [0.1, 0.15) is 0 Å². The maximum absolute atomic E-state index is 7.33. The Morgan fingerprint density at radius 3 is 0.500 bits per heavy atom. The molecule has 16 heavy (non-hydrogen) atoms. The third-order valence-electron chi connectivity index (χ3n) is 0. The SMILES string of the molecule is O.O.O.O.O.O.O.O.O.O[Si](O)(O)O.[Fe].[H-].[Na+]. The van der Waals surface area contributed by atoms with Gasteiger partial charge in [-0.3, -0.25) is 0 Å². The van der Waals surface area contributed by atoms with Crippen molar-refractivity contribution in [3.05, 3.63) is 0 Å². The summed E-state index contributed by atoms with van der Waals surface area (Å²) in [6, 6.07) is 0. The van der Waals surface area contributed by atoms with Crippen LogP contribution in [0.5, 0.6) is 0 Å². The van der Waals surface area contributed by atoms with E-state index in [0.29, 0.717) is 0 Å². The van der Waals surface area contributed by atoms with Crippen molar-refractivity contribution in [3.63, 3.8) is 0 Å². The smallest absolute Gasteiger partial charge is 1.00 e. The van der Waals surface area contributed by atoms with Crippen molar-refractivity contribution in [1.82, 2.24) is 0 Å². The Labute approximate surface area is 125 Å². The number of hydrogen-bond donors (Lipinski definition) is 4. The van der Waals surface area contributed by atoms with Crippen molar-refractivity contribution < 1.29 is 117 Å². The van der Waals surface area contributed by atoms with Gasteiger partial charge < -0.3 is 69.9 Å². The second-order valence-electron chi connectivity index (χ2n) is 0.600. The second-order valence-corrected chi connectivity index (χ2v) is 1.80. The molecule has 0 aliphatic heterocycles. The fourth-order valence-electron chi connectivity index (χ4n) is 0. The fourth-order valence-corrected chi connectivity index (χ4v) is 0. The summed E-state index contributed by atoms with van der Waals surface area (Å²) in [7, 11) is -4.61. The molecule has 13 nitrogen and oxygen atoms in total. The van der Waals surface area contributed by atoms with E-state index >= 15 is 0 Å². The van der Waals surface area contributed by atoms with Crippen molar-refractivity contribution in [3.8, 4) is 0 Å². The van der Waals surface area contributed by atoms with Gasteiger partial charge in [-0.05, 0) is 0 Å². The van der Waals surface area contributed by atoms with E-state index in [1.807, 2.05) is 0 Å². The van der Waals surface area contributed by atoms with Crippen LogP contribution in [0.15, 0.2) is 0 Å². The number of rotatable bonds is 0. The van der Waals surface area contributed by atoms with Crippen LogP contribution in [0.1, 0.15) is 1.43 Å². The van der Waals surface area contributed by atoms with Gasteiger partial charge in [0.2, 0.25) is 0 Å². The molecule has 0 aromatic heterocycles. The minimum absolute atomic E-state index is 0. The van der Waals surface area contributed by atoms with Crippen LogP contribution >= 0.6 is 0 Å². The summed E-state index contributed by atoms with van der Waals surface area (Å²) in [5.74, 6) is 0. The van der Waals surface area contributed by atoms with Gasteiger partial charge in [-0.1, -0.05) is 0 Å². The van der Waals surface area contributed by atoms with Gasteiger partial charge in [0, 0.05) is 17.1 Å². The molecule has 0 unspecified atom stereocenters. The average molecular weight is 338 g/mol. The first-order valence-electron chi connectivity index (χ1n) is 0.894. The van der Waals surface area contributed by atoms with Crippen LogP contribution < -0.4 is 29.6 Å². The minimum atomic E-state index is -4.61. The Hall–Kier alpha value is 1.22. The van der Waals surface area contributed by atoms with Crippen molar-refractivity contribution >= 4 is 9.05 Å². The first-order valence-corrected chi connectivity index (χ1v) is 2.68. The number of hydrogen-bond acceptors (Lipinski definition) is 4. The van der Waals surface area contributed by atoms with E-state index in [4.69, 9.17) is 19.2 Å². The molecule has 0 spiro atoms. The summed E-state index contributed by atoms with van der Waals surface area (Å²) in [6.45, 7) is 0. The molecule has 0 saturated carbocycles. The molecule has 114 valence electrons. The van der Waals surface area contributed by atoms with Crippen LogP contribution in [0.4, 0.5) is 0 Å². The van der Waals surface area contributed by atoms with E-state index in [1.54, 1.807) is 0 Å². The zero-order chi connectivity index (χ0) is 4.50. The standard InChI is InChI=1S/Fe.Na.H4O4Si.9H2O.H/c;;1-5(2,3)4;;;;;;;;;;/h;;1-4H;9*1H2;/q;+1;;;;;;;;;;;-1. The van der Waals surface area contributed by atoms with Crippen molar-refractivity contribution in [2.75, 3.05) is 0 Å². The molecule has 0 amide bonds. The third kappa shape index (κ3) is 2080. The Morgan fingerprint density at radius 2 is 0.500 bits per heavy atom. The maximum atomic E-state index is 7.33. The van der Waals surface area contributed by atoms with Gasteiger partial charge in [0.15, 0.2) is 0 Å². The van der Waals surface area contributed by atoms with Crippen LogP contribution in [-0.2, 0) is 17.1 Å². The summed E-state index contributed by atoms with van der Waals surface area (Å²) in [6.07, 6.45) is 0. The van der Waals surface area contributed by atoms with Gasteiger partial charge in [-0.15, -0.1) is 0 Å². The fraction of sp³-hybridized carbons (Fsp3) is 0. The molecule has 0 fully saturated rings. The normalized spacial score (nSPS) is 3.75. The quantitative estimate of drug-likeness (QED) is 0.312. The predicted molar refractivity (Wildman–Crippen MR) is 48.3 cm³/mol. The Bertz CT molecular complexity index is 36.9. The van der Waals surface area contributed by atoms with Crippen LogP contribution in [-0.4, -0.2) is 77.5 Å². The summed E-state index contributed by atoms with van der Waals surface area (Å²) >= 11 is 0. The molecule has 0 aromatic carbocycles. The van der Waals surface area contributed by atoms with E-state index in [9.17, 15) is 0 Å². The van der Waals surface area contributed by atoms with Gasteiger partial charge in [0.05, 0.1) is 0 Å². The summed E-state index contributed by atoms with van der Waals surface area (Å²) in [4.78, 5) is 29.3. The third-order valence-corrected chi connectivity index (χ3v) is 0. The molecule has 0 saturated heterocycles. The largest absolute Gasteiger partial charge is 1.00 e. The van der Waals surface area contributed by atoms with Gasteiger partial charge in [-0.25, -0.2) is 0 Å². The van der Waals surface area contributed by atoms with Crippen molar-refractivity contribution in [2.45, 2.75) is 0 Å². The molecule has 22 N–H and O–H groups in total. The minimum Gasteiger partial charge on any atom is -1.00 e. The molecule has 0 rings (SSSR count). The molecule has 16 heteroatoms. The second kappa shape index (κ2) is 72.1. The summed E-state index contributed by atoms with van der Waals surface area (Å²) in [5.41, 5.74) is 0. The van der Waals surface area contributed by atoms with E-state index in [-0.39, 0.29) is 97.3 Å². The first kappa shape index (κ1) is 166. The van der Waals surface area contributed by atoms with Crippen LogP contribution in [0.2, 0.25) is 0 Å². The van der Waals surface area contributed by atoms with E-state index < -0.39 is 9.05 Å². The van der Waals surface area contributed by atoms with Gasteiger partial charge in [0.25, 0.3) is 0 Å². The molecule has 0 atom stereocenters. The molecule has 0 aliphatic rings. The summed E-state index contributed by atoms with van der Waals surface area (Å²) < 4.78 is 0. The zero-order valence-electron chi connectivity index (χ0n) is 9.14. The molecular weight excluding hydrogens is 315 g/mol. The molecule has 0 aromatic rings. The molecule has 0 aliphatic carbocycles. The van der Waals surface area contributed by atoms with Crippen LogP contribution in [0, 0.1) is 0 Å². The van der Waals surface area contributed by atoms with E-state index in [1.165, 1.54) is 0 Å². The zero-order valence-corrected chi connectivity index (χ0v) is 12.2. The first-order chi connectivity index (χ1) is 2.00. The Morgan fingerprint density at radius 1 is 0.500 bits per heavy atom.